The van der Waals surface area contributed by atoms with E-state index in [-0.39, 0.29) is 11.9 Å². The first-order chi connectivity index (χ1) is 18.0. The van der Waals surface area contributed by atoms with Crippen LogP contribution in [0, 0.1) is 6.92 Å². The third-order valence-electron chi connectivity index (χ3n) is 6.52. The maximum atomic E-state index is 12.7. The number of likely N-dealkylation sites (tertiary alicyclic amines) is 1. The number of rotatable bonds is 4. The van der Waals surface area contributed by atoms with E-state index in [0.717, 1.165) is 38.7 Å². The molecule has 37 heavy (non-hydrogen) atoms. The van der Waals surface area contributed by atoms with E-state index >= 15 is 0 Å². The van der Waals surface area contributed by atoms with Crippen molar-refractivity contribution in [2.24, 2.45) is 0 Å². The van der Waals surface area contributed by atoms with Crippen LogP contribution in [-0.4, -0.2) is 39.9 Å². The summed E-state index contributed by atoms with van der Waals surface area (Å²) in [4.78, 5) is 35.6. The standard InChI is InChI=1S/C29H28N6O2/c1-19-7-10-31-17-24(19)21-14-22-16-27(32-18-25(22)26(30)15-21)34-28(36)13-20-8-11-35(12-9-20)29(37)33-23-5-3-2-4-6-23/h2-7,10,13-18H,8-9,11-12,30H2,1H3,(H,33,37)(H,32,34,36). The van der Waals surface area contributed by atoms with Crippen LogP contribution in [0.15, 0.2) is 84.8 Å². The Morgan fingerprint density at radius 2 is 1.78 bits per heavy atom. The maximum absolute atomic E-state index is 12.7. The monoisotopic (exact) mass is 492 g/mol. The molecular weight excluding hydrogens is 464 g/mol. The number of piperidine rings is 1. The Kier molecular flexibility index (Phi) is 6.81. The minimum atomic E-state index is -0.240. The molecule has 1 aliphatic heterocycles. The number of hydrogen-bond acceptors (Lipinski definition) is 5. The smallest absolute Gasteiger partial charge is 0.321 e. The number of aromatic nitrogens is 2. The zero-order chi connectivity index (χ0) is 25.8. The Bertz CT molecular complexity index is 1490. The number of para-hydroxylation sites is 1. The molecule has 5 rings (SSSR count). The average Bonchev–Trinajstić information content (AvgIpc) is 2.89. The second kappa shape index (κ2) is 10.5. The molecule has 0 saturated carbocycles. The molecule has 0 spiro atoms. The summed E-state index contributed by atoms with van der Waals surface area (Å²) in [5.74, 6) is 0.213. The van der Waals surface area contributed by atoms with Gasteiger partial charge in [0.05, 0.1) is 0 Å². The molecule has 4 N–H and O–H groups in total. The Morgan fingerprint density at radius 3 is 2.54 bits per heavy atom. The van der Waals surface area contributed by atoms with Crippen LogP contribution >= 0.6 is 0 Å². The SMILES string of the molecule is Cc1ccncc1-c1cc(N)c2cnc(NC(=O)C=C3CCN(C(=O)Nc4ccccc4)CC3)cc2c1. The fraction of sp³-hybridized carbons (Fsp3) is 0.172. The fourth-order valence-corrected chi connectivity index (χ4v) is 4.49. The first-order valence-electron chi connectivity index (χ1n) is 12.2. The number of nitrogens with zero attached hydrogens (tertiary/aromatic N) is 3. The van der Waals surface area contributed by atoms with Gasteiger partial charge in [-0.25, -0.2) is 9.78 Å². The summed E-state index contributed by atoms with van der Waals surface area (Å²) in [6.45, 7) is 3.15. The highest BCUT2D eigenvalue weighted by atomic mass is 16.2. The molecule has 186 valence electrons. The fourth-order valence-electron chi connectivity index (χ4n) is 4.49. The van der Waals surface area contributed by atoms with Gasteiger partial charge in [-0.1, -0.05) is 23.8 Å². The van der Waals surface area contributed by atoms with E-state index in [9.17, 15) is 9.59 Å². The predicted octanol–water partition coefficient (Wildman–Crippen LogP) is 5.38. The zero-order valence-corrected chi connectivity index (χ0v) is 20.6. The van der Waals surface area contributed by atoms with Crippen LogP contribution in [0.4, 0.5) is 22.0 Å². The van der Waals surface area contributed by atoms with E-state index in [2.05, 4.69) is 20.6 Å². The lowest BCUT2D eigenvalue weighted by Crippen LogP contribution is -2.39. The molecule has 0 bridgehead atoms. The van der Waals surface area contributed by atoms with Crippen molar-refractivity contribution in [3.8, 4) is 11.1 Å². The molecule has 1 saturated heterocycles. The molecule has 0 aliphatic carbocycles. The Labute approximate surface area is 215 Å². The van der Waals surface area contributed by atoms with Crippen LogP contribution < -0.4 is 16.4 Å². The summed E-state index contributed by atoms with van der Waals surface area (Å²) in [7, 11) is 0. The van der Waals surface area contributed by atoms with E-state index < -0.39 is 0 Å². The molecule has 3 heterocycles. The molecule has 8 heteroatoms. The van der Waals surface area contributed by atoms with Crippen molar-refractivity contribution in [1.29, 1.82) is 0 Å². The first-order valence-corrected chi connectivity index (χ1v) is 12.2. The maximum Gasteiger partial charge on any atom is 0.321 e. The summed E-state index contributed by atoms with van der Waals surface area (Å²) in [5.41, 5.74) is 11.8. The molecule has 4 aromatic rings. The normalized spacial score (nSPS) is 13.3. The molecule has 2 aromatic heterocycles. The summed E-state index contributed by atoms with van der Waals surface area (Å²) < 4.78 is 0. The Morgan fingerprint density at radius 1 is 1.00 bits per heavy atom. The van der Waals surface area contributed by atoms with Gasteiger partial charge in [-0.2, -0.15) is 0 Å². The minimum absolute atomic E-state index is 0.129. The third-order valence-corrected chi connectivity index (χ3v) is 6.52. The number of nitrogens with two attached hydrogens (primary N) is 1. The third kappa shape index (κ3) is 5.59. The summed E-state index contributed by atoms with van der Waals surface area (Å²) in [5, 5.41) is 7.47. The topological polar surface area (TPSA) is 113 Å². The summed E-state index contributed by atoms with van der Waals surface area (Å²) in [6, 6.07) is 17.0. The Balaban J connectivity index is 1.24. The van der Waals surface area contributed by atoms with Gasteiger partial charge >= 0.3 is 6.03 Å². The van der Waals surface area contributed by atoms with Crippen molar-refractivity contribution in [3.63, 3.8) is 0 Å². The molecular formula is C29H28N6O2. The number of benzene rings is 2. The van der Waals surface area contributed by atoms with Gasteiger partial charge in [-0.05, 0) is 72.7 Å². The van der Waals surface area contributed by atoms with Gasteiger partial charge in [-0.3, -0.25) is 9.78 Å². The number of carbonyl (C=O) groups is 2. The molecule has 0 atom stereocenters. The van der Waals surface area contributed by atoms with Crippen LogP contribution in [-0.2, 0) is 4.79 Å². The van der Waals surface area contributed by atoms with Crippen LogP contribution in [0.1, 0.15) is 18.4 Å². The van der Waals surface area contributed by atoms with Gasteiger partial charge in [0.15, 0.2) is 0 Å². The highest BCUT2D eigenvalue weighted by molar-refractivity contribution is 6.02. The van der Waals surface area contributed by atoms with Gasteiger partial charge in [-0.15, -0.1) is 0 Å². The number of aryl methyl sites for hydroxylation is 1. The number of urea groups is 1. The van der Waals surface area contributed by atoms with Crippen molar-refractivity contribution >= 4 is 39.9 Å². The van der Waals surface area contributed by atoms with Gasteiger partial charge in [0.1, 0.15) is 5.82 Å². The van der Waals surface area contributed by atoms with Gasteiger partial charge in [0.2, 0.25) is 5.91 Å². The van der Waals surface area contributed by atoms with Gasteiger partial charge < -0.3 is 21.3 Å². The lowest BCUT2D eigenvalue weighted by molar-refractivity contribution is -0.112. The molecule has 3 amide bonds. The number of pyridine rings is 2. The molecule has 1 fully saturated rings. The van der Waals surface area contributed by atoms with Crippen LogP contribution in [0.3, 0.4) is 0 Å². The second-order valence-corrected chi connectivity index (χ2v) is 9.12. The molecule has 2 aromatic carbocycles. The van der Waals surface area contributed by atoms with Crippen LogP contribution in [0.5, 0.6) is 0 Å². The number of carbonyl (C=O) groups excluding carboxylic acids is 2. The van der Waals surface area contributed by atoms with Crippen LogP contribution in [0.25, 0.3) is 21.9 Å². The lowest BCUT2D eigenvalue weighted by Gasteiger charge is -2.28. The van der Waals surface area contributed by atoms with Crippen molar-refractivity contribution in [2.45, 2.75) is 19.8 Å². The minimum Gasteiger partial charge on any atom is -0.398 e. The first kappa shape index (κ1) is 24.0. The van der Waals surface area contributed by atoms with E-state index in [1.165, 1.54) is 0 Å². The highest BCUT2D eigenvalue weighted by Crippen LogP contribution is 2.31. The molecule has 0 unspecified atom stereocenters. The van der Waals surface area contributed by atoms with Crippen molar-refractivity contribution in [3.05, 3.63) is 90.4 Å². The quantitative estimate of drug-likeness (QED) is 0.261. The van der Waals surface area contributed by atoms with E-state index in [0.29, 0.717) is 37.4 Å². The second-order valence-electron chi connectivity index (χ2n) is 9.12. The predicted molar refractivity (Wildman–Crippen MR) is 147 cm³/mol. The van der Waals surface area contributed by atoms with E-state index in [1.807, 2.05) is 67.7 Å². The molecule has 0 radical (unpaired) electrons. The number of fused-ring (bicyclic) bond motifs is 1. The largest absolute Gasteiger partial charge is 0.398 e. The molecule has 8 nitrogen and oxygen atoms in total. The highest BCUT2D eigenvalue weighted by Gasteiger charge is 2.19. The van der Waals surface area contributed by atoms with Gasteiger partial charge in [0.25, 0.3) is 0 Å². The average molecular weight is 493 g/mol. The number of nitrogen functional groups attached to an aromatic ring is 1. The zero-order valence-electron chi connectivity index (χ0n) is 20.6. The van der Waals surface area contributed by atoms with Crippen LogP contribution in [0.2, 0.25) is 0 Å². The van der Waals surface area contributed by atoms with Gasteiger partial charge in [0, 0.05) is 60.1 Å². The van der Waals surface area contributed by atoms with Crippen molar-refractivity contribution < 1.29 is 9.59 Å². The van der Waals surface area contributed by atoms with Crippen molar-refractivity contribution in [2.75, 3.05) is 29.5 Å². The molecule has 1 aliphatic rings. The summed E-state index contributed by atoms with van der Waals surface area (Å²) >= 11 is 0. The van der Waals surface area contributed by atoms with E-state index in [4.69, 9.17) is 5.73 Å². The number of anilines is 3. The summed E-state index contributed by atoms with van der Waals surface area (Å²) in [6.07, 6.45) is 8.16. The number of nitrogens with one attached hydrogen (secondary N) is 2. The number of amides is 3. The Hall–Kier alpha value is -4.72. The number of hydrogen-bond donors (Lipinski definition) is 3. The lowest BCUT2D eigenvalue weighted by atomic mass is 9.99. The van der Waals surface area contributed by atoms with Crippen molar-refractivity contribution in [1.82, 2.24) is 14.9 Å². The van der Waals surface area contributed by atoms with E-state index in [1.54, 1.807) is 23.4 Å².